The maximum absolute atomic E-state index is 4.82. The van der Waals surface area contributed by atoms with Gasteiger partial charge in [-0.1, -0.05) is 48.5 Å². The van der Waals surface area contributed by atoms with Crippen molar-refractivity contribution in [1.82, 2.24) is 19.9 Å². The number of pyridine rings is 4. The maximum atomic E-state index is 4.82. The Kier molecular flexibility index (Phi) is 6.02. The lowest BCUT2D eigenvalue weighted by molar-refractivity contribution is 1.33. The predicted octanol–water partition coefficient (Wildman–Crippen LogP) is 12.9. The van der Waals surface area contributed by atoms with Gasteiger partial charge in [-0.3, -0.25) is 19.9 Å². The van der Waals surface area contributed by atoms with E-state index in [-0.39, 0.29) is 0 Å². The normalized spacial score (nSPS) is 12.1. The van der Waals surface area contributed by atoms with Crippen LogP contribution in [0, 0.1) is 0 Å². The smallest absolute Gasteiger partial charge is 0.0702 e. The molecule has 0 unspecified atom stereocenters. The second-order valence-electron chi connectivity index (χ2n) is 14.2. The van der Waals surface area contributed by atoms with Gasteiger partial charge < -0.3 is 0 Å². The molecule has 12 aromatic rings. The minimum atomic E-state index is 0.961. The van der Waals surface area contributed by atoms with Crippen LogP contribution in [0.25, 0.3) is 120 Å². The number of benzene rings is 6. The summed E-state index contributed by atoms with van der Waals surface area (Å²) in [4.78, 5) is 19.1. The first-order chi connectivity index (χ1) is 26.8. The van der Waals surface area contributed by atoms with Crippen LogP contribution in [-0.4, -0.2) is 19.9 Å². The number of aromatic nitrogens is 4. The van der Waals surface area contributed by atoms with E-state index in [4.69, 9.17) is 19.9 Å². The molecule has 12 rings (SSSR count). The van der Waals surface area contributed by atoms with E-state index in [1.54, 1.807) is 0 Å². The van der Waals surface area contributed by atoms with E-state index in [1.165, 1.54) is 75.4 Å². The summed E-state index contributed by atoms with van der Waals surface area (Å²) < 4.78 is 0. The Morgan fingerprint density at radius 3 is 0.870 bits per heavy atom. The van der Waals surface area contributed by atoms with Gasteiger partial charge in [0.25, 0.3) is 0 Å². The first-order valence-electron chi connectivity index (χ1n) is 18.3. The van der Waals surface area contributed by atoms with Crippen LogP contribution in [0.15, 0.2) is 170 Å². The summed E-state index contributed by atoms with van der Waals surface area (Å²) in [6.45, 7) is 0. The summed E-state index contributed by atoms with van der Waals surface area (Å²) in [5.74, 6) is 0. The van der Waals surface area contributed by atoms with Crippen LogP contribution in [0.1, 0.15) is 0 Å². The van der Waals surface area contributed by atoms with E-state index in [1.807, 2.05) is 49.1 Å². The molecule has 0 spiro atoms. The molecule has 4 heterocycles. The van der Waals surface area contributed by atoms with Crippen molar-refractivity contribution in [3.05, 3.63) is 170 Å². The van der Waals surface area contributed by atoms with E-state index in [0.717, 1.165) is 45.0 Å². The van der Waals surface area contributed by atoms with Gasteiger partial charge in [-0.05, 0) is 172 Å². The van der Waals surface area contributed by atoms with Gasteiger partial charge in [-0.15, -0.1) is 0 Å². The molecule has 54 heavy (non-hydrogen) atoms. The summed E-state index contributed by atoms with van der Waals surface area (Å²) in [5, 5.41) is 17.4. The molecule has 8 aromatic carbocycles. The van der Waals surface area contributed by atoms with Crippen molar-refractivity contribution in [3.63, 3.8) is 0 Å². The van der Waals surface area contributed by atoms with Crippen molar-refractivity contribution in [2.24, 2.45) is 0 Å². The maximum Gasteiger partial charge on any atom is 0.0702 e. The monoisotopic (exact) mass is 684 g/mol. The molecular formula is C50H28N4. The zero-order chi connectivity index (χ0) is 35.3. The van der Waals surface area contributed by atoms with Crippen molar-refractivity contribution in [3.8, 4) is 45.0 Å². The number of rotatable bonds is 4. The third-order valence-corrected chi connectivity index (χ3v) is 11.3. The molecule has 0 aliphatic rings. The second-order valence-corrected chi connectivity index (χ2v) is 14.2. The summed E-state index contributed by atoms with van der Waals surface area (Å²) in [6.07, 6.45) is 7.49. The van der Waals surface area contributed by atoms with Crippen molar-refractivity contribution in [2.75, 3.05) is 0 Å². The van der Waals surface area contributed by atoms with Crippen LogP contribution < -0.4 is 0 Å². The zero-order valence-electron chi connectivity index (χ0n) is 29.0. The van der Waals surface area contributed by atoms with Crippen molar-refractivity contribution < 1.29 is 0 Å². The molecule has 0 aliphatic carbocycles. The number of fused-ring (bicyclic) bond motifs is 9. The van der Waals surface area contributed by atoms with Gasteiger partial charge in [0, 0.05) is 47.0 Å². The van der Waals surface area contributed by atoms with E-state index in [9.17, 15) is 0 Å². The minimum Gasteiger partial charge on any atom is -0.256 e. The molecule has 4 aromatic heterocycles. The van der Waals surface area contributed by atoms with Gasteiger partial charge in [-0.25, -0.2) is 0 Å². The van der Waals surface area contributed by atoms with Gasteiger partial charge in [0.2, 0.25) is 0 Å². The highest BCUT2D eigenvalue weighted by molar-refractivity contribution is 6.41. The first kappa shape index (κ1) is 29.3. The Hall–Kier alpha value is -7.30. The topological polar surface area (TPSA) is 51.6 Å². The summed E-state index contributed by atoms with van der Waals surface area (Å²) in [5.41, 5.74) is 8.29. The Labute approximate surface area is 309 Å². The van der Waals surface area contributed by atoms with Crippen molar-refractivity contribution in [1.29, 1.82) is 0 Å². The Morgan fingerprint density at radius 1 is 0.222 bits per heavy atom. The van der Waals surface area contributed by atoms with Gasteiger partial charge in [0.05, 0.1) is 22.8 Å². The number of hydrogen-bond donors (Lipinski definition) is 0. The highest BCUT2D eigenvalue weighted by atomic mass is 14.7. The third kappa shape index (κ3) is 4.19. The van der Waals surface area contributed by atoms with Crippen molar-refractivity contribution >= 4 is 75.4 Å². The second kappa shape index (κ2) is 11.1. The Bertz CT molecular complexity index is 3170. The SMILES string of the molecule is c1ccc(-c2ccc3c(c2)c2cc4c(cc5c6cc(-c7ccccn7)ccc6c6cc(-c7ccccn7)cc4c65)c4cc(-c5ccccn5)cc3c42)nc1. The van der Waals surface area contributed by atoms with Gasteiger partial charge in [0.1, 0.15) is 0 Å². The molecule has 0 saturated heterocycles. The molecule has 248 valence electrons. The van der Waals surface area contributed by atoms with Gasteiger partial charge in [-0.2, -0.15) is 0 Å². The minimum absolute atomic E-state index is 0.961. The number of nitrogens with zero attached hydrogens (tertiary/aromatic N) is 4. The molecule has 0 radical (unpaired) electrons. The van der Waals surface area contributed by atoms with E-state index in [0.29, 0.717) is 0 Å². The van der Waals surface area contributed by atoms with Crippen LogP contribution in [0.3, 0.4) is 0 Å². The summed E-state index contributed by atoms with van der Waals surface area (Å²) >= 11 is 0. The predicted molar refractivity (Wildman–Crippen MR) is 224 cm³/mol. The zero-order valence-corrected chi connectivity index (χ0v) is 29.0. The molecule has 0 fully saturated rings. The highest BCUT2D eigenvalue weighted by Crippen LogP contribution is 2.50. The molecule has 0 saturated carbocycles. The fraction of sp³-hybridized carbons (Fsp3) is 0. The summed E-state index contributed by atoms with van der Waals surface area (Å²) in [6, 6.07) is 52.4. The standard InChI is InChI=1S/C50H28N4/c1-5-17-51-45(9-1)29-13-15-33-35(21-29)43-27-37-38(41-25-31(23-39(33)49(41)43)47-11-3-7-19-53-47)28-44-36-22-30(46-10-2-6-18-52-46)14-16-34(36)40-24-32(26-42(37)50(40)44)48-12-4-8-20-54-48/h1-28H. The van der Waals surface area contributed by atoms with Crippen LogP contribution in [0.4, 0.5) is 0 Å². The Morgan fingerprint density at radius 2 is 0.519 bits per heavy atom. The highest BCUT2D eigenvalue weighted by Gasteiger charge is 2.22. The van der Waals surface area contributed by atoms with Crippen LogP contribution >= 0.6 is 0 Å². The molecule has 0 bridgehead atoms. The lowest BCUT2D eigenvalue weighted by atomic mass is 9.90. The van der Waals surface area contributed by atoms with Crippen LogP contribution in [0.5, 0.6) is 0 Å². The molecular weight excluding hydrogens is 657 g/mol. The van der Waals surface area contributed by atoms with E-state index < -0.39 is 0 Å². The first-order valence-corrected chi connectivity index (χ1v) is 18.3. The fourth-order valence-corrected chi connectivity index (χ4v) is 8.93. The lowest BCUT2D eigenvalue weighted by Gasteiger charge is -2.13. The average molecular weight is 685 g/mol. The molecule has 4 heteroatoms. The quantitative estimate of drug-likeness (QED) is 0.173. The molecule has 0 N–H and O–H groups in total. The van der Waals surface area contributed by atoms with Crippen molar-refractivity contribution in [2.45, 2.75) is 0 Å². The van der Waals surface area contributed by atoms with Gasteiger partial charge in [0.15, 0.2) is 0 Å². The van der Waals surface area contributed by atoms with Crippen LogP contribution in [-0.2, 0) is 0 Å². The molecule has 0 atom stereocenters. The van der Waals surface area contributed by atoms with Gasteiger partial charge >= 0.3 is 0 Å². The fourth-order valence-electron chi connectivity index (χ4n) is 8.93. The van der Waals surface area contributed by atoms with Crippen LogP contribution in [0.2, 0.25) is 0 Å². The molecule has 0 amide bonds. The number of hydrogen-bond acceptors (Lipinski definition) is 4. The lowest BCUT2D eigenvalue weighted by Crippen LogP contribution is -1.87. The Balaban J connectivity index is 1.28. The van der Waals surface area contributed by atoms with E-state index in [2.05, 4.69) is 121 Å². The largest absolute Gasteiger partial charge is 0.256 e. The summed E-state index contributed by atoms with van der Waals surface area (Å²) in [7, 11) is 0. The average Bonchev–Trinajstić information content (AvgIpc) is 3.74. The third-order valence-electron chi connectivity index (χ3n) is 11.3. The molecule has 0 aliphatic heterocycles. The van der Waals surface area contributed by atoms with E-state index >= 15 is 0 Å². The molecule has 4 nitrogen and oxygen atoms in total.